The van der Waals surface area contributed by atoms with E-state index in [4.69, 9.17) is 4.74 Å². The van der Waals surface area contributed by atoms with Gasteiger partial charge in [-0.25, -0.2) is 4.39 Å². The monoisotopic (exact) mass is 371 g/mol. The maximum atomic E-state index is 14.7. The Bertz CT molecular complexity index is 815. The molecule has 0 saturated carbocycles. The Morgan fingerprint density at radius 3 is 2.48 bits per heavy atom. The van der Waals surface area contributed by atoms with Crippen molar-refractivity contribution in [3.8, 4) is 0 Å². The van der Waals surface area contributed by atoms with Crippen LogP contribution in [0.3, 0.4) is 0 Å². The molecule has 0 radical (unpaired) electrons. The minimum atomic E-state index is -0.351. The van der Waals surface area contributed by atoms with Crippen molar-refractivity contribution in [2.75, 3.05) is 42.3 Å². The summed E-state index contributed by atoms with van der Waals surface area (Å²) in [6, 6.07) is 12.1. The van der Waals surface area contributed by atoms with Crippen molar-refractivity contribution < 1.29 is 13.9 Å². The second kappa shape index (κ2) is 7.96. The first kappa shape index (κ1) is 19.2. The number of carbonyl (C=O) groups excluding carboxylic acids is 1. The topological polar surface area (TPSA) is 44.8 Å². The second-order valence-electron chi connectivity index (χ2n) is 7.23. The summed E-state index contributed by atoms with van der Waals surface area (Å²) in [6.45, 7) is 5.25. The minimum Gasteiger partial charge on any atom is -0.378 e. The first-order chi connectivity index (χ1) is 12.8. The standard InChI is InChI=1S/C21H26FN3O2/c1-14-12-25(13-15(2)27-14)20-9-8-17(11-19(20)22)23-21(26)16-6-5-7-18(10-16)24(3)4/h5-11,14-15H,12-13H2,1-4H3,(H,23,26). The van der Waals surface area contributed by atoms with E-state index >= 15 is 0 Å². The van der Waals surface area contributed by atoms with E-state index in [1.807, 2.05) is 49.9 Å². The predicted molar refractivity (Wildman–Crippen MR) is 107 cm³/mol. The minimum absolute atomic E-state index is 0.0523. The van der Waals surface area contributed by atoms with Gasteiger partial charge in [0.15, 0.2) is 0 Å². The van der Waals surface area contributed by atoms with E-state index in [-0.39, 0.29) is 23.9 Å². The first-order valence-electron chi connectivity index (χ1n) is 9.12. The van der Waals surface area contributed by atoms with Crippen molar-refractivity contribution in [3.63, 3.8) is 0 Å². The number of ether oxygens (including phenoxy) is 1. The Hall–Kier alpha value is -2.60. The molecule has 144 valence electrons. The molecule has 3 rings (SSSR count). The summed E-state index contributed by atoms with van der Waals surface area (Å²) in [6.07, 6.45) is 0.105. The molecule has 5 nitrogen and oxygen atoms in total. The number of rotatable bonds is 4. The Balaban J connectivity index is 1.74. The molecule has 1 aliphatic heterocycles. The molecule has 27 heavy (non-hydrogen) atoms. The number of hydrogen-bond acceptors (Lipinski definition) is 4. The van der Waals surface area contributed by atoms with Crippen LogP contribution in [0.2, 0.25) is 0 Å². The van der Waals surface area contributed by atoms with Crippen LogP contribution in [0.4, 0.5) is 21.5 Å². The van der Waals surface area contributed by atoms with Crippen molar-refractivity contribution in [1.82, 2.24) is 0 Å². The number of morpholine rings is 1. The molecule has 1 saturated heterocycles. The first-order valence-corrected chi connectivity index (χ1v) is 9.12. The highest BCUT2D eigenvalue weighted by molar-refractivity contribution is 6.04. The van der Waals surface area contributed by atoms with E-state index in [1.54, 1.807) is 24.3 Å². The van der Waals surface area contributed by atoms with E-state index in [2.05, 4.69) is 5.32 Å². The highest BCUT2D eigenvalue weighted by Gasteiger charge is 2.24. The Labute approximate surface area is 159 Å². The van der Waals surface area contributed by atoms with Gasteiger partial charge in [-0.1, -0.05) is 6.07 Å². The van der Waals surface area contributed by atoms with Gasteiger partial charge in [0.05, 0.1) is 17.9 Å². The van der Waals surface area contributed by atoms with Crippen molar-refractivity contribution in [3.05, 3.63) is 53.8 Å². The van der Waals surface area contributed by atoms with Crippen molar-refractivity contribution in [2.45, 2.75) is 26.1 Å². The SMILES string of the molecule is CC1CN(c2ccc(NC(=O)c3cccc(N(C)C)c3)cc2F)CC(C)O1. The van der Waals surface area contributed by atoms with E-state index in [9.17, 15) is 9.18 Å². The summed E-state index contributed by atoms with van der Waals surface area (Å²) in [5, 5.41) is 2.77. The zero-order valence-electron chi connectivity index (χ0n) is 16.2. The number of nitrogens with zero attached hydrogens (tertiary/aromatic N) is 2. The molecule has 1 aliphatic rings. The Kier molecular flexibility index (Phi) is 5.65. The smallest absolute Gasteiger partial charge is 0.255 e. The maximum Gasteiger partial charge on any atom is 0.255 e. The highest BCUT2D eigenvalue weighted by Crippen LogP contribution is 2.26. The number of carbonyl (C=O) groups is 1. The van der Waals surface area contributed by atoms with Crippen LogP contribution in [0.15, 0.2) is 42.5 Å². The number of halogens is 1. The summed E-state index contributed by atoms with van der Waals surface area (Å²) in [7, 11) is 3.83. The Morgan fingerprint density at radius 2 is 1.85 bits per heavy atom. The summed E-state index contributed by atoms with van der Waals surface area (Å²) >= 11 is 0. The van der Waals surface area contributed by atoms with Gasteiger partial charge in [-0.2, -0.15) is 0 Å². The molecule has 0 aromatic heterocycles. The van der Waals surface area contributed by atoms with E-state index in [0.29, 0.717) is 30.0 Å². The molecule has 1 heterocycles. The van der Waals surface area contributed by atoms with Gasteiger partial charge in [-0.15, -0.1) is 0 Å². The molecule has 1 amide bonds. The second-order valence-corrected chi connectivity index (χ2v) is 7.23. The van der Waals surface area contributed by atoms with Crippen LogP contribution in [0, 0.1) is 5.82 Å². The molecule has 6 heteroatoms. The van der Waals surface area contributed by atoms with Crippen LogP contribution in [-0.2, 0) is 4.74 Å². The average Bonchev–Trinajstić information content (AvgIpc) is 2.61. The number of amides is 1. The number of anilines is 3. The fraction of sp³-hybridized carbons (Fsp3) is 0.381. The third-order valence-electron chi connectivity index (χ3n) is 4.59. The maximum absolute atomic E-state index is 14.7. The molecule has 2 aromatic carbocycles. The zero-order chi connectivity index (χ0) is 19.6. The van der Waals surface area contributed by atoms with Gasteiger partial charge >= 0.3 is 0 Å². The number of benzene rings is 2. The summed E-state index contributed by atoms with van der Waals surface area (Å²) in [5.74, 6) is -0.615. The Morgan fingerprint density at radius 1 is 1.15 bits per heavy atom. The summed E-state index contributed by atoms with van der Waals surface area (Å²) in [5.41, 5.74) is 2.43. The van der Waals surface area contributed by atoms with Gasteiger partial charge in [0, 0.05) is 44.1 Å². The summed E-state index contributed by atoms with van der Waals surface area (Å²) in [4.78, 5) is 16.4. The predicted octanol–water partition coefficient (Wildman–Crippen LogP) is 3.76. The molecule has 2 unspecified atom stereocenters. The fourth-order valence-electron chi connectivity index (χ4n) is 3.34. The van der Waals surface area contributed by atoms with Gasteiger partial charge in [0.1, 0.15) is 5.82 Å². The molecular weight excluding hydrogens is 345 g/mol. The van der Waals surface area contributed by atoms with Gasteiger partial charge in [-0.05, 0) is 50.2 Å². The molecule has 0 aliphatic carbocycles. The number of hydrogen-bond donors (Lipinski definition) is 1. The lowest BCUT2D eigenvalue weighted by molar-refractivity contribution is -0.00539. The van der Waals surface area contributed by atoms with Crippen LogP contribution in [0.5, 0.6) is 0 Å². The highest BCUT2D eigenvalue weighted by atomic mass is 19.1. The molecule has 2 atom stereocenters. The van der Waals surface area contributed by atoms with Crippen LogP contribution in [-0.4, -0.2) is 45.3 Å². The lowest BCUT2D eigenvalue weighted by atomic mass is 10.1. The third kappa shape index (κ3) is 4.57. The quantitative estimate of drug-likeness (QED) is 0.889. The van der Waals surface area contributed by atoms with Gasteiger partial charge in [0.2, 0.25) is 0 Å². The van der Waals surface area contributed by atoms with Gasteiger partial charge in [-0.3, -0.25) is 4.79 Å². The van der Waals surface area contributed by atoms with Crippen LogP contribution in [0.1, 0.15) is 24.2 Å². The van der Waals surface area contributed by atoms with Crippen LogP contribution < -0.4 is 15.1 Å². The normalized spacial score (nSPS) is 19.7. The molecule has 1 N–H and O–H groups in total. The lowest BCUT2D eigenvalue weighted by Gasteiger charge is -2.37. The lowest BCUT2D eigenvalue weighted by Crippen LogP contribution is -2.45. The summed E-state index contributed by atoms with van der Waals surface area (Å²) < 4.78 is 20.4. The molecule has 0 bridgehead atoms. The molecule has 0 spiro atoms. The van der Waals surface area contributed by atoms with Crippen molar-refractivity contribution >= 4 is 23.0 Å². The average molecular weight is 371 g/mol. The van der Waals surface area contributed by atoms with Crippen LogP contribution >= 0.6 is 0 Å². The third-order valence-corrected chi connectivity index (χ3v) is 4.59. The van der Waals surface area contributed by atoms with E-state index in [1.165, 1.54) is 6.07 Å². The molecular formula is C21H26FN3O2. The van der Waals surface area contributed by atoms with Gasteiger partial charge in [0.25, 0.3) is 5.91 Å². The van der Waals surface area contributed by atoms with Crippen LogP contribution in [0.25, 0.3) is 0 Å². The van der Waals surface area contributed by atoms with Gasteiger partial charge < -0.3 is 19.9 Å². The molecule has 2 aromatic rings. The molecule has 1 fully saturated rings. The van der Waals surface area contributed by atoms with E-state index < -0.39 is 0 Å². The van der Waals surface area contributed by atoms with Crippen molar-refractivity contribution in [2.24, 2.45) is 0 Å². The van der Waals surface area contributed by atoms with Crippen molar-refractivity contribution in [1.29, 1.82) is 0 Å². The number of nitrogens with one attached hydrogen (secondary N) is 1. The fourth-order valence-corrected chi connectivity index (χ4v) is 3.34. The van der Waals surface area contributed by atoms with E-state index in [0.717, 1.165) is 5.69 Å². The zero-order valence-corrected chi connectivity index (χ0v) is 16.2. The largest absolute Gasteiger partial charge is 0.378 e.